The van der Waals surface area contributed by atoms with Gasteiger partial charge < -0.3 is 10.8 Å². The molecule has 2 nitrogen and oxygen atoms in total. The Kier molecular flexibility index (Phi) is 2.44. The van der Waals surface area contributed by atoms with Crippen LogP contribution in [0.5, 0.6) is 0 Å². The van der Waals surface area contributed by atoms with Crippen LogP contribution in [-0.4, -0.2) is 5.11 Å². The van der Waals surface area contributed by atoms with Crippen molar-refractivity contribution in [2.75, 3.05) is 5.73 Å². The number of hydrogen-bond acceptors (Lipinski definition) is 3. The third kappa shape index (κ3) is 1.29. The van der Waals surface area contributed by atoms with Gasteiger partial charge in [-0.25, -0.2) is 0 Å². The maximum atomic E-state index is 9.25. The van der Waals surface area contributed by atoms with Gasteiger partial charge in [-0.2, -0.15) is 0 Å². The van der Waals surface area contributed by atoms with Gasteiger partial charge in [0.2, 0.25) is 0 Å². The molecule has 0 aliphatic rings. The fraction of sp³-hybridized carbons (Fsp3) is 0.273. The van der Waals surface area contributed by atoms with E-state index in [1.165, 1.54) is 15.6 Å². The number of aliphatic hydroxyl groups excluding tert-OH is 1. The molecule has 3 heteroatoms. The van der Waals surface area contributed by atoms with Gasteiger partial charge in [-0.05, 0) is 34.9 Å². The summed E-state index contributed by atoms with van der Waals surface area (Å²) in [5.41, 5.74) is 8.66. The lowest BCUT2D eigenvalue weighted by atomic mass is 10.0. The van der Waals surface area contributed by atoms with Crippen molar-refractivity contribution in [3.05, 3.63) is 28.6 Å². The number of nitrogens with two attached hydrogens (primary N) is 1. The second-order valence-corrected chi connectivity index (χ2v) is 4.19. The van der Waals surface area contributed by atoms with Gasteiger partial charge in [0, 0.05) is 16.0 Å². The third-order valence-electron chi connectivity index (χ3n) is 2.51. The topological polar surface area (TPSA) is 46.2 Å². The predicted molar refractivity (Wildman–Crippen MR) is 61.5 cm³/mol. The summed E-state index contributed by atoms with van der Waals surface area (Å²) in [5, 5.41) is 12.5. The first-order valence-electron chi connectivity index (χ1n) is 4.66. The van der Waals surface area contributed by atoms with Crippen molar-refractivity contribution in [2.24, 2.45) is 0 Å². The molecule has 0 bridgehead atoms. The van der Waals surface area contributed by atoms with E-state index in [2.05, 4.69) is 18.4 Å². The number of fused-ring (bicyclic) bond motifs is 1. The van der Waals surface area contributed by atoms with Gasteiger partial charge in [0.25, 0.3) is 0 Å². The third-order valence-corrected chi connectivity index (χ3v) is 3.50. The molecule has 0 saturated carbocycles. The van der Waals surface area contributed by atoms with Gasteiger partial charge in [-0.15, -0.1) is 11.3 Å². The average molecular weight is 207 g/mol. The molecule has 2 aromatic rings. The van der Waals surface area contributed by atoms with Gasteiger partial charge in [0.15, 0.2) is 0 Å². The Labute approximate surface area is 87.0 Å². The summed E-state index contributed by atoms with van der Waals surface area (Å²) >= 11 is 1.71. The van der Waals surface area contributed by atoms with Crippen LogP contribution < -0.4 is 5.73 Å². The first kappa shape index (κ1) is 9.49. The monoisotopic (exact) mass is 207 g/mol. The number of anilines is 1. The highest BCUT2D eigenvalue weighted by Crippen LogP contribution is 2.32. The molecular formula is C11H13NOS. The molecule has 14 heavy (non-hydrogen) atoms. The SMILES string of the molecule is CCc1c(CO)c(N)cc2ccsc12. The molecule has 0 aliphatic carbocycles. The lowest BCUT2D eigenvalue weighted by Crippen LogP contribution is -1.99. The maximum Gasteiger partial charge on any atom is 0.0705 e. The zero-order valence-corrected chi connectivity index (χ0v) is 8.90. The van der Waals surface area contributed by atoms with E-state index in [1.807, 2.05) is 6.07 Å². The zero-order valence-electron chi connectivity index (χ0n) is 8.08. The van der Waals surface area contributed by atoms with E-state index >= 15 is 0 Å². The number of aliphatic hydroxyl groups is 1. The largest absolute Gasteiger partial charge is 0.398 e. The van der Waals surface area contributed by atoms with Crippen molar-refractivity contribution in [3.8, 4) is 0 Å². The van der Waals surface area contributed by atoms with Crippen LogP contribution in [0.1, 0.15) is 18.1 Å². The van der Waals surface area contributed by atoms with Gasteiger partial charge in [0.1, 0.15) is 0 Å². The summed E-state index contributed by atoms with van der Waals surface area (Å²) in [6.45, 7) is 2.12. The Balaban J connectivity index is 2.82. The Morgan fingerprint density at radius 2 is 2.21 bits per heavy atom. The van der Waals surface area contributed by atoms with Crippen molar-refractivity contribution in [1.29, 1.82) is 0 Å². The van der Waals surface area contributed by atoms with Gasteiger partial charge in [-0.3, -0.25) is 0 Å². The fourth-order valence-corrected chi connectivity index (χ4v) is 2.83. The first-order valence-corrected chi connectivity index (χ1v) is 5.54. The minimum Gasteiger partial charge on any atom is -0.398 e. The second-order valence-electron chi connectivity index (χ2n) is 3.27. The first-order chi connectivity index (χ1) is 6.77. The Bertz CT molecular complexity index is 462. The number of thiophene rings is 1. The van der Waals surface area contributed by atoms with Crippen molar-refractivity contribution < 1.29 is 5.11 Å². The molecule has 0 amide bonds. The molecule has 1 aromatic heterocycles. The molecule has 0 atom stereocenters. The van der Waals surface area contributed by atoms with Crippen LogP contribution >= 0.6 is 11.3 Å². The molecule has 74 valence electrons. The Morgan fingerprint density at radius 1 is 1.43 bits per heavy atom. The molecule has 0 unspecified atom stereocenters. The second kappa shape index (κ2) is 3.59. The van der Waals surface area contributed by atoms with Crippen LogP contribution in [0.4, 0.5) is 5.69 Å². The predicted octanol–water partition coefficient (Wildman–Crippen LogP) is 2.54. The van der Waals surface area contributed by atoms with Gasteiger partial charge in [-0.1, -0.05) is 6.92 Å². The van der Waals surface area contributed by atoms with Crippen molar-refractivity contribution in [2.45, 2.75) is 20.0 Å². The van der Waals surface area contributed by atoms with E-state index in [4.69, 9.17) is 5.73 Å². The standard InChI is InChI=1S/C11H13NOS/c1-2-8-9(6-13)10(12)5-7-3-4-14-11(7)8/h3-5,13H,2,6,12H2,1H3. The molecule has 0 fully saturated rings. The number of rotatable bonds is 2. The van der Waals surface area contributed by atoms with E-state index < -0.39 is 0 Å². The van der Waals surface area contributed by atoms with Crippen molar-refractivity contribution >= 4 is 27.1 Å². The molecule has 3 N–H and O–H groups in total. The zero-order chi connectivity index (χ0) is 10.1. The van der Waals surface area contributed by atoms with Gasteiger partial charge in [0.05, 0.1) is 6.61 Å². The Morgan fingerprint density at radius 3 is 2.86 bits per heavy atom. The summed E-state index contributed by atoms with van der Waals surface area (Å²) in [6, 6.07) is 4.01. The van der Waals surface area contributed by atoms with Crippen LogP contribution in [0, 0.1) is 0 Å². The minimum absolute atomic E-state index is 0.0306. The van der Waals surface area contributed by atoms with Crippen LogP contribution in [0.25, 0.3) is 10.1 Å². The highest BCUT2D eigenvalue weighted by Gasteiger charge is 2.10. The van der Waals surface area contributed by atoms with E-state index in [-0.39, 0.29) is 6.61 Å². The summed E-state index contributed by atoms with van der Waals surface area (Å²) in [4.78, 5) is 0. The van der Waals surface area contributed by atoms with Crippen LogP contribution in [0.2, 0.25) is 0 Å². The summed E-state index contributed by atoms with van der Waals surface area (Å²) in [5.74, 6) is 0. The van der Waals surface area contributed by atoms with Crippen LogP contribution in [-0.2, 0) is 13.0 Å². The van der Waals surface area contributed by atoms with Crippen LogP contribution in [0.15, 0.2) is 17.5 Å². The van der Waals surface area contributed by atoms with Crippen molar-refractivity contribution in [3.63, 3.8) is 0 Å². The molecule has 0 aliphatic heterocycles. The lowest BCUT2D eigenvalue weighted by Gasteiger charge is -2.09. The highest BCUT2D eigenvalue weighted by atomic mass is 32.1. The summed E-state index contributed by atoms with van der Waals surface area (Å²) in [7, 11) is 0. The van der Waals surface area contributed by atoms with E-state index in [0.29, 0.717) is 5.69 Å². The summed E-state index contributed by atoms with van der Waals surface area (Å²) < 4.78 is 1.26. The molecule has 1 aromatic carbocycles. The molecule has 0 radical (unpaired) electrons. The molecule has 2 rings (SSSR count). The van der Waals surface area contributed by atoms with E-state index in [9.17, 15) is 5.11 Å². The smallest absolute Gasteiger partial charge is 0.0705 e. The normalized spacial score (nSPS) is 11.0. The number of nitrogen functional groups attached to an aromatic ring is 1. The van der Waals surface area contributed by atoms with Gasteiger partial charge >= 0.3 is 0 Å². The molecule has 0 spiro atoms. The Hall–Kier alpha value is -1.06. The highest BCUT2D eigenvalue weighted by molar-refractivity contribution is 7.17. The maximum absolute atomic E-state index is 9.25. The number of benzene rings is 1. The quantitative estimate of drug-likeness (QED) is 0.743. The van der Waals surface area contributed by atoms with Crippen molar-refractivity contribution in [1.82, 2.24) is 0 Å². The minimum atomic E-state index is 0.0306. The summed E-state index contributed by atoms with van der Waals surface area (Å²) in [6.07, 6.45) is 0.915. The van der Waals surface area contributed by atoms with E-state index in [0.717, 1.165) is 12.0 Å². The number of aryl methyl sites for hydroxylation is 1. The van der Waals surface area contributed by atoms with Crippen LogP contribution in [0.3, 0.4) is 0 Å². The molecule has 0 saturated heterocycles. The fourth-order valence-electron chi connectivity index (χ4n) is 1.80. The lowest BCUT2D eigenvalue weighted by molar-refractivity contribution is 0.281. The van der Waals surface area contributed by atoms with E-state index in [1.54, 1.807) is 11.3 Å². The molecular weight excluding hydrogens is 194 g/mol. The average Bonchev–Trinajstić information content (AvgIpc) is 2.62. The molecule has 1 heterocycles. The number of hydrogen-bond donors (Lipinski definition) is 2.